The molecule has 2 atom stereocenters. The fraction of sp³-hybridized carbons (Fsp3) is 0.556. The van der Waals surface area contributed by atoms with Crippen molar-refractivity contribution in [2.75, 3.05) is 6.54 Å². The van der Waals surface area contributed by atoms with E-state index in [9.17, 15) is 9.59 Å². The van der Waals surface area contributed by atoms with Crippen molar-refractivity contribution in [2.45, 2.75) is 50.6 Å². The van der Waals surface area contributed by atoms with Crippen LogP contribution in [0.15, 0.2) is 18.2 Å². The fourth-order valence-corrected chi connectivity index (χ4v) is 3.57. The summed E-state index contributed by atoms with van der Waals surface area (Å²) in [6.45, 7) is 0.730. The molecule has 3 N–H and O–H groups in total. The van der Waals surface area contributed by atoms with Crippen molar-refractivity contribution in [3.63, 3.8) is 0 Å². The van der Waals surface area contributed by atoms with E-state index < -0.39 is 0 Å². The summed E-state index contributed by atoms with van der Waals surface area (Å²) in [6, 6.07) is 4.66. The van der Waals surface area contributed by atoms with E-state index in [1.165, 1.54) is 12.8 Å². The second-order valence-electron chi connectivity index (χ2n) is 6.87. The zero-order valence-corrected chi connectivity index (χ0v) is 15.5. The summed E-state index contributed by atoms with van der Waals surface area (Å²) in [5.41, 5.74) is 0.358. The van der Waals surface area contributed by atoms with Crippen LogP contribution in [-0.4, -0.2) is 30.6 Å². The quantitative estimate of drug-likeness (QED) is 0.724. The first-order valence-electron chi connectivity index (χ1n) is 8.84. The Kier molecular flexibility index (Phi) is 6.07. The molecule has 0 bridgehead atoms. The van der Waals surface area contributed by atoms with Crippen LogP contribution in [0, 0.1) is 5.92 Å². The van der Waals surface area contributed by atoms with Gasteiger partial charge in [-0.05, 0) is 43.7 Å². The number of amides is 3. The number of rotatable bonds is 5. The Bertz CT molecular complexity index is 649. The van der Waals surface area contributed by atoms with Crippen LogP contribution in [0.25, 0.3) is 0 Å². The molecule has 0 saturated heterocycles. The minimum absolute atomic E-state index is 0.0742. The van der Waals surface area contributed by atoms with Gasteiger partial charge in [-0.25, -0.2) is 4.79 Å². The number of carbonyl (C=O) groups excluding carboxylic acids is 2. The topological polar surface area (TPSA) is 70.2 Å². The van der Waals surface area contributed by atoms with Crippen LogP contribution in [-0.2, 0) is 0 Å². The SMILES string of the molecule is O=C(NCC1CC1)NC1CCCCC1NC(=O)c1cccc(Cl)c1Cl. The van der Waals surface area contributed by atoms with E-state index in [1.54, 1.807) is 18.2 Å². The maximum absolute atomic E-state index is 12.6. The predicted molar refractivity (Wildman–Crippen MR) is 99.2 cm³/mol. The van der Waals surface area contributed by atoms with Gasteiger partial charge in [-0.3, -0.25) is 4.79 Å². The molecule has 25 heavy (non-hydrogen) atoms. The zero-order valence-electron chi connectivity index (χ0n) is 14.0. The Balaban J connectivity index is 1.59. The lowest BCUT2D eigenvalue weighted by atomic mass is 9.90. The Morgan fingerprint density at radius 3 is 2.36 bits per heavy atom. The molecule has 7 heteroatoms. The summed E-state index contributed by atoms with van der Waals surface area (Å²) in [5.74, 6) is 0.377. The summed E-state index contributed by atoms with van der Waals surface area (Å²) < 4.78 is 0. The molecule has 0 heterocycles. The van der Waals surface area contributed by atoms with Gasteiger partial charge in [0.05, 0.1) is 21.7 Å². The van der Waals surface area contributed by atoms with Gasteiger partial charge in [0, 0.05) is 12.6 Å². The van der Waals surface area contributed by atoms with Crippen LogP contribution in [0.2, 0.25) is 10.0 Å². The lowest BCUT2D eigenvalue weighted by molar-refractivity contribution is 0.0916. The summed E-state index contributed by atoms with van der Waals surface area (Å²) in [5, 5.41) is 9.54. The lowest BCUT2D eigenvalue weighted by Gasteiger charge is -2.33. The molecule has 0 aliphatic heterocycles. The standard InChI is InChI=1S/C18H23Cl2N3O2/c19-13-5-3-4-12(16(13)20)17(24)22-14-6-1-2-7-15(14)23-18(25)21-10-11-8-9-11/h3-5,11,14-15H,1-2,6-10H2,(H,22,24)(H2,21,23,25). The Labute approximate surface area is 157 Å². The summed E-state index contributed by atoms with van der Waals surface area (Å²) in [4.78, 5) is 24.6. The van der Waals surface area contributed by atoms with E-state index in [4.69, 9.17) is 23.2 Å². The maximum Gasteiger partial charge on any atom is 0.315 e. The lowest BCUT2D eigenvalue weighted by Crippen LogP contribution is -2.55. The van der Waals surface area contributed by atoms with E-state index in [0.29, 0.717) is 16.5 Å². The van der Waals surface area contributed by atoms with Gasteiger partial charge < -0.3 is 16.0 Å². The highest BCUT2D eigenvalue weighted by atomic mass is 35.5. The number of urea groups is 1. The van der Waals surface area contributed by atoms with Crippen molar-refractivity contribution in [1.82, 2.24) is 16.0 Å². The molecule has 2 aliphatic carbocycles. The third-order valence-electron chi connectivity index (χ3n) is 4.84. The summed E-state index contributed by atoms with van der Waals surface area (Å²) >= 11 is 12.1. The van der Waals surface area contributed by atoms with Gasteiger partial charge in [0.15, 0.2) is 0 Å². The number of hydrogen-bond donors (Lipinski definition) is 3. The number of hydrogen-bond acceptors (Lipinski definition) is 2. The molecule has 0 aromatic heterocycles. The van der Waals surface area contributed by atoms with Gasteiger partial charge in [0.1, 0.15) is 0 Å². The largest absolute Gasteiger partial charge is 0.347 e. The van der Waals surface area contributed by atoms with Crippen LogP contribution < -0.4 is 16.0 Å². The van der Waals surface area contributed by atoms with Gasteiger partial charge >= 0.3 is 6.03 Å². The van der Waals surface area contributed by atoms with Gasteiger partial charge in [-0.1, -0.05) is 42.1 Å². The molecule has 2 saturated carbocycles. The summed E-state index contributed by atoms with van der Waals surface area (Å²) in [6.07, 6.45) is 6.14. The molecule has 1 aromatic carbocycles. The molecule has 5 nitrogen and oxygen atoms in total. The minimum Gasteiger partial charge on any atom is -0.347 e. The smallest absolute Gasteiger partial charge is 0.315 e. The number of nitrogens with one attached hydrogen (secondary N) is 3. The molecule has 2 fully saturated rings. The molecule has 0 spiro atoms. The van der Waals surface area contributed by atoms with E-state index in [0.717, 1.165) is 32.2 Å². The average molecular weight is 384 g/mol. The van der Waals surface area contributed by atoms with Crippen molar-refractivity contribution < 1.29 is 9.59 Å². The summed E-state index contributed by atoms with van der Waals surface area (Å²) in [7, 11) is 0. The van der Waals surface area contributed by atoms with Crippen LogP contribution in [0.5, 0.6) is 0 Å². The highest BCUT2D eigenvalue weighted by molar-refractivity contribution is 6.43. The van der Waals surface area contributed by atoms with Crippen molar-refractivity contribution in [3.8, 4) is 0 Å². The van der Waals surface area contributed by atoms with Crippen molar-refractivity contribution in [1.29, 1.82) is 0 Å². The van der Waals surface area contributed by atoms with Crippen LogP contribution in [0.1, 0.15) is 48.9 Å². The fourth-order valence-electron chi connectivity index (χ4n) is 3.18. The highest BCUT2D eigenvalue weighted by Crippen LogP contribution is 2.28. The Morgan fingerprint density at radius 2 is 1.68 bits per heavy atom. The third-order valence-corrected chi connectivity index (χ3v) is 5.66. The first kappa shape index (κ1) is 18.3. The van der Waals surface area contributed by atoms with E-state index in [-0.39, 0.29) is 29.0 Å². The minimum atomic E-state index is -0.260. The number of carbonyl (C=O) groups is 2. The van der Waals surface area contributed by atoms with Gasteiger partial charge in [0.25, 0.3) is 5.91 Å². The Morgan fingerprint density at radius 1 is 1.00 bits per heavy atom. The monoisotopic (exact) mass is 383 g/mol. The van der Waals surface area contributed by atoms with E-state index >= 15 is 0 Å². The highest BCUT2D eigenvalue weighted by Gasteiger charge is 2.29. The molecule has 0 radical (unpaired) electrons. The van der Waals surface area contributed by atoms with Crippen molar-refractivity contribution >= 4 is 35.1 Å². The molecule has 1 aromatic rings. The van der Waals surface area contributed by atoms with E-state index in [2.05, 4.69) is 16.0 Å². The molecule has 2 unspecified atom stereocenters. The first-order valence-corrected chi connectivity index (χ1v) is 9.59. The Hall–Kier alpha value is -1.46. The van der Waals surface area contributed by atoms with Crippen LogP contribution in [0.4, 0.5) is 4.79 Å². The van der Waals surface area contributed by atoms with Crippen LogP contribution >= 0.6 is 23.2 Å². The molecule has 2 aliphatic rings. The van der Waals surface area contributed by atoms with Crippen molar-refractivity contribution in [3.05, 3.63) is 33.8 Å². The van der Waals surface area contributed by atoms with E-state index in [1.807, 2.05) is 0 Å². The molecule has 3 amide bonds. The molecular formula is C18H23Cl2N3O2. The molecule has 3 rings (SSSR count). The first-order chi connectivity index (χ1) is 12.0. The van der Waals surface area contributed by atoms with Crippen molar-refractivity contribution in [2.24, 2.45) is 5.92 Å². The second-order valence-corrected chi connectivity index (χ2v) is 7.66. The average Bonchev–Trinajstić information content (AvgIpc) is 3.41. The van der Waals surface area contributed by atoms with Gasteiger partial charge in [-0.2, -0.15) is 0 Å². The normalized spacial score (nSPS) is 23.0. The zero-order chi connectivity index (χ0) is 17.8. The molecular weight excluding hydrogens is 361 g/mol. The third kappa shape index (κ3) is 5.02. The van der Waals surface area contributed by atoms with Crippen LogP contribution in [0.3, 0.4) is 0 Å². The number of halogens is 2. The van der Waals surface area contributed by atoms with Gasteiger partial charge in [-0.15, -0.1) is 0 Å². The predicted octanol–water partition coefficient (Wildman–Crippen LogP) is 3.74. The number of benzene rings is 1. The maximum atomic E-state index is 12.6. The second kappa shape index (κ2) is 8.28. The van der Waals surface area contributed by atoms with Gasteiger partial charge in [0.2, 0.25) is 0 Å². The molecule has 136 valence electrons.